The number of carbonyl (C=O) groups is 4. The summed E-state index contributed by atoms with van der Waals surface area (Å²) in [7, 11) is 0. The lowest BCUT2D eigenvalue weighted by molar-refractivity contribution is -0.144. The number of allylic oxidation sites excluding steroid dienone is 4. The van der Waals surface area contributed by atoms with E-state index in [9.17, 15) is 19.2 Å². The summed E-state index contributed by atoms with van der Waals surface area (Å²) >= 11 is 0. The molecule has 8 bridgehead atoms. The molecule has 12 nitrogen and oxygen atoms in total. The van der Waals surface area contributed by atoms with Gasteiger partial charge in [-0.1, -0.05) is 0 Å². The summed E-state index contributed by atoms with van der Waals surface area (Å²) in [6.07, 6.45) is 2.52. The van der Waals surface area contributed by atoms with E-state index in [-0.39, 0.29) is 49.6 Å². The molecule has 0 saturated carbocycles. The van der Waals surface area contributed by atoms with Gasteiger partial charge in [-0.05, 0) is 150 Å². The van der Waals surface area contributed by atoms with Gasteiger partial charge in [0, 0.05) is 47.8 Å². The van der Waals surface area contributed by atoms with Crippen molar-refractivity contribution in [2.45, 2.75) is 107 Å². The zero-order chi connectivity index (χ0) is 40.5. The van der Waals surface area contributed by atoms with Crippen LogP contribution < -0.4 is 0 Å². The number of ether oxygens (including phenoxy) is 4. The minimum absolute atomic E-state index is 0.189. The van der Waals surface area contributed by atoms with E-state index in [1.165, 1.54) is 0 Å². The highest BCUT2D eigenvalue weighted by atomic mass is 16.5. The third kappa shape index (κ3) is 9.64. The standard InChI is InChI=1S/C44H54N4O8/c1-9-53-41(49)17-13-29-25(5)33-21-34-26(6)31(15-19-43(51)55-11-3)39(46-34)24-40-32(16-20-44(52)56-12-4)28(8)36(48-40)23-38-30(14-18-42(50)54-10-2)27(7)35(47-38)22-37(29)45-33/h21-24,46,48H,9-20H2,1-8H3. The second-order valence-electron chi connectivity index (χ2n) is 13.9. The van der Waals surface area contributed by atoms with Gasteiger partial charge in [0.1, 0.15) is 0 Å². The lowest BCUT2D eigenvalue weighted by Gasteiger charge is -2.06. The molecule has 0 saturated heterocycles. The van der Waals surface area contributed by atoms with Crippen LogP contribution in [0.3, 0.4) is 0 Å². The van der Waals surface area contributed by atoms with Crippen LogP contribution in [0, 0.1) is 13.8 Å². The van der Waals surface area contributed by atoms with Crippen LogP contribution in [0.1, 0.15) is 125 Å². The molecule has 0 unspecified atom stereocenters. The number of fused-ring (bicyclic) bond motifs is 8. The molecule has 0 aliphatic carbocycles. The predicted octanol–water partition coefficient (Wildman–Crippen LogP) is 8.47. The van der Waals surface area contributed by atoms with Crippen molar-refractivity contribution in [3.05, 3.63) is 69.3 Å². The van der Waals surface area contributed by atoms with Gasteiger partial charge < -0.3 is 28.9 Å². The van der Waals surface area contributed by atoms with E-state index in [2.05, 4.69) is 9.97 Å². The van der Waals surface area contributed by atoms with E-state index >= 15 is 0 Å². The maximum atomic E-state index is 12.6. The van der Waals surface area contributed by atoms with Gasteiger partial charge >= 0.3 is 23.9 Å². The molecule has 0 fully saturated rings. The Hall–Kier alpha value is -5.52. The highest BCUT2D eigenvalue weighted by Crippen LogP contribution is 2.38. The third-order valence-corrected chi connectivity index (χ3v) is 10.3. The third-order valence-electron chi connectivity index (χ3n) is 10.3. The van der Waals surface area contributed by atoms with Gasteiger partial charge in [0.25, 0.3) is 0 Å². The van der Waals surface area contributed by atoms with E-state index < -0.39 is 0 Å². The van der Waals surface area contributed by atoms with Crippen LogP contribution in [-0.4, -0.2) is 70.2 Å². The first-order valence-corrected chi connectivity index (χ1v) is 19.6. The summed E-state index contributed by atoms with van der Waals surface area (Å²) < 4.78 is 21.1. The normalized spacial score (nSPS) is 12.6. The van der Waals surface area contributed by atoms with Gasteiger partial charge in [0.15, 0.2) is 0 Å². The van der Waals surface area contributed by atoms with Crippen molar-refractivity contribution in [1.82, 2.24) is 19.9 Å². The van der Waals surface area contributed by atoms with Gasteiger partial charge in [0.2, 0.25) is 0 Å². The number of esters is 4. The lowest BCUT2D eigenvalue weighted by atomic mass is 9.98. The molecule has 2 aliphatic rings. The second kappa shape index (κ2) is 18.9. The van der Waals surface area contributed by atoms with Crippen LogP contribution in [0.4, 0.5) is 0 Å². The number of aryl methyl sites for hydroxylation is 4. The minimum atomic E-state index is -0.286. The Kier molecular flexibility index (Phi) is 14.0. The molecule has 2 aliphatic heterocycles. The molecular weight excluding hydrogens is 713 g/mol. The van der Waals surface area contributed by atoms with Crippen LogP contribution in [0.25, 0.3) is 44.4 Å². The van der Waals surface area contributed by atoms with E-state index in [1.54, 1.807) is 27.7 Å². The molecule has 3 aromatic heterocycles. The van der Waals surface area contributed by atoms with Crippen molar-refractivity contribution in [3.63, 3.8) is 0 Å². The largest absolute Gasteiger partial charge is 0.466 e. The van der Waals surface area contributed by atoms with Crippen LogP contribution in [0.5, 0.6) is 0 Å². The first-order chi connectivity index (χ1) is 26.9. The van der Waals surface area contributed by atoms with Gasteiger partial charge in [0.05, 0.1) is 49.2 Å². The average Bonchev–Trinajstić information content (AvgIpc) is 3.81. The molecule has 0 spiro atoms. The summed E-state index contributed by atoms with van der Waals surface area (Å²) in [5.74, 6) is -1.12. The topological polar surface area (TPSA) is 163 Å². The molecule has 56 heavy (non-hydrogen) atoms. The van der Waals surface area contributed by atoms with E-state index in [0.29, 0.717) is 69.2 Å². The molecule has 0 amide bonds. The number of hydrogen-bond acceptors (Lipinski definition) is 10. The highest BCUT2D eigenvalue weighted by molar-refractivity contribution is 5.96. The number of rotatable bonds is 16. The summed E-state index contributed by atoms with van der Waals surface area (Å²) in [5.41, 5.74) is 13.6. The van der Waals surface area contributed by atoms with Crippen LogP contribution in [0.2, 0.25) is 0 Å². The highest BCUT2D eigenvalue weighted by Gasteiger charge is 2.23. The fraction of sp³-hybridized carbons (Fsp3) is 0.455. The number of H-pyrrole nitrogens is 2. The lowest BCUT2D eigenvalue weighted by Crippen LogP contribution is -2.05. The Bertz CT molecular complexity index is 2240. The first kappa shape index (κ1) is 41.6. The Morgan fingerprint density at radius 1 is 0.464 bits per heavy atom. The van der Waals surface area contributed by atoms with E-state index in [0.717, 1.165) is 72.3 Å². The molecule has 3 aromatic rings. The Morgan fingerprint density at radius 2 is 0.804 bits per heavy atom. The summed E-state index contributed by atoms with van der Waals surface area (Å²) in [4.78, 5) is 67.8. The van der Waals surface area contributed by atoms with Crippen molar-refractivity contribution in [2.24, 2.45) is 0 Å². The van der Waals surface area contributed by atoms with Crippen molar-refractivity contribution < 1.29 is 38.1 Å². The summed E-state index contributed by atoms with van der Waals surface area (Å²) in [6.45, 7) is 16.4. The zero-order valence-electron chi connectivity index (χ0n) is 34.0. The molecule has 2 N–H and O–H groups in total. The SMILES string of the molecule is CCOC(=O)CCC1=C(C)c2cc3[nH]c(cc4[nH]c(cc5nc(cc1n2)C(C)=C5CCC(=O)OCC)c(C)c4CCC(=O)OCC)c(CCC(=O)OCC)c3C. The van der Waals surface area contributed by atoms with Gasteiger partial charge in [-0.3, -0.25) is 19.2 Å². The monoisotopic (exact) mass is 766 g/mol. The van der Waals surface area contributed by atoms with Gasteiger partial charge in [-0.15, -0.1) is 0 Å². The van der Waals surface area contributed by atoms with Crippen molar-refractivity contribution in [1.29, 1.82) is 0 Å². The van der Waals surface area contributed by atoms with Crippen LogP contribution in [-0.2, 0) is 51.0 Å². The maximum Gasteiger partial charge on any atom is 0.306 e. The minimum Gasteiger partial charge on any atom is -0.466 e. The number of hydrogen-bond donors (Lipinski definition) is 2. The first-order valence-electron chi connectivity index (χ1n) is 19.6. The number of nitrogens with zero attached hydrogens (tertiary/aromatic N) is 2. The Balaban J connectivity index is 1.83. The van der Waals surface area contributed by atoms with E-state index in [1.807, 2.05) is 52.0 Å². The van der Waals surface area contributed by atoms with Crippen molar-refractivity contribution >= 4 is 68.2 Å². The molecular formula is C44H54N4O8. The summed E-state index contributed by atoms with van der Waals surface area (Å²) in [5, 5.41) is 0. The molecule has 0 radical (unpaired) electrons. The van der Waals surface area contributed by atoms with Crippen LogP contribution in [0.15, 0.2) is 24.3 Å². The quantitative estimate of drug-likeness (QED) is 0.107. The zero-order valence-corrected chi connectivity index (χ0v) is 34.0. The fourth-order valence-corrected chi connectivity index (χ4v) is 7.33. The number of aromatic nitrogens is 4. The molecule has 5 rings (SSSR count). The van der Waals surface area contributed by atoms with Crippen molar-refractivity contribution in [2.75, 3.05) is 26.4 Å². The Labute approximate surface area is 328 Å². The van der Waals surface area contributed by atoms with E-state index in [4.69, 9.17) is 28.9 Å². The smallest absolute Gasteiger partial charge is 0.306 e. The van der Waals surface area contributed by atoms with Crippen LogP contribution >= 0.6 is 0 Å². The molecule has 0 aromatic carbocycles. The molecule has 0 atom stereocenters. The summed E-state index contributed by atoms with van der Waals surface area (Å²) in [6, 6.07) is 8.00. The average molecular weight is 767 g/mol. The molecule has 12 heteroatoms. The van der Waals surface area contributed by atoms with Gasteiger partial charge in [-0.2, -0.15) is 0 Å². The second-order valence-corrected chi connectivity index (χ2v) is 13.9. The number of carbonyl (C=O) groups excluding carboxylic acids is 4. The maximum absolute atomic E-state index is 12.6. The number of nitrogens with one attached hydrogen (secondary N) is 2. The number of aromatic amines is 2. The Morgan fingerprint density at radius 3 is 1.20 bits per heavy atom. The fourth-order valence-electron chi connectivity index (χ4n) is 7.33. The molecule has 5 heterocycles. The van der Waals surface area contributed by atoms with Gasteiger partial charge in [-0.25, -0.2) is 9.97 Å². The molecule has 298 valence electrons. The predicted molar refractivity (Wildman–Crippen MR) is 217 cm³/mol. The van der Waals surface area contributed by atoms with Crippen molar-refractivity contribution in [3.8, 4) is 0 Å².